The number of aromatic nitrogens is 3. The monoisotopic (exact) mass is 393 g/mol. The Hall–Kier alpha value is -1.57. The number of likely N-dealkylation sites (tertiary alicyclic amines) is 1. The minimum absolute atomic E-state index is 0.0619. The number of amides is 1. The van der Waals surface area contributed by atoms with E-state index in [4.69, 9.17) is 11.6 Å². The smallest absolute Gasteiger partial charge is 0.224 e. The molecule has 8 heteroatoms. The second-order valence-corrected chi connectivity index (χ2v) is 8.04. The summed E-state index contributed by atoms with van der Waals surface area (Å²) in [6.45, 7) is 5.21. The molecule has 1 aliphatic heterocycles. The molecule has 1 aromatic heterocycles. The molecule has 2 N–H and O–H groups in total. The maximum absolute atomic E-state index is 12.5. The van der Waals surface area contributed by atoms with Gasteiger partial charge in [0.1, 0.15) is 5.82 Å². The van der Waals surface area contributed by atoms with E-state index in [9.17, 15) is 4.79 Å². The summed E-state index contributed by atoms with van der Waals surface area (Å²) >= 11 is 7.49. The van der Waals surface area contributed by atoms with Gasteiger partial charge in [-0.2, -0.15) is 0 Å². The van der Waals surface area contributed by atoms with E-state index in [0.717, 1.165) is 54.2 Å². The molecule has 3 rings (SSSR count). The van der Waals surface area contributed by atoms with Gasteiger partial charge in [-0.15, -0.1) is 5.10 Å². The molecule has 0 bridgehead atoms. The normalized spacial score (nSPS) is 18.0. The minimum atomic E-state index is 0.0619. The number of rotatable bonds is 7. The number of hydrogen-bond donors (Lipinski definition) is 2. The third-order valence-corrected chi connectivity index (χ3v) is 5.51. The van der Waals surface area contributed by atoms with Gasteiger partial charge in [0.2, 0.25) is 11.1 Å². The summed E-state index contributed by atoms with van der Waals surface area (Å²) in [7, 11) is 0. The van der Waals surface area contributed by atoms with Gasteiger partial charge in [0, 0.05) is 30.4 Å². The minimum Gasteiger partial charge on any atom is -0.355 e. The Morgan fingerprint density at radius 3 is 2.96 bits per heavy atom. The molecule has 1 unspecified atom stereocenters. The lowest BCUT2D eigenvalue weighted by atomic mass is 9.96. The van der Waals surface area contributed by atoms with E-state index in [-0.39, 0.29) is 11.8 Å². The second-order valence-electron chi connectivity index (χ2n) is 6.54. The number of hydrogen-bond acceptors (Lipinski definition) is 5. The van der Waals surface area contributed by atoms with Crippen molar-refractivity contribution in [1.82, 2.24) is 25.4 Å². The molecule has 0 spiro atoms. The molecule has 6 nitrogen and oxygen atoms in total. The van der Waals surface area contributed by atoms with Crippen LogP contribution in [-0.2, 0) is 11.3 Å². The number of benzene rings is 1. The van der Waals surface area contributed by atoms with Crippen LogP contribution in [0.5, 0.6) is 0 Å². The molecule has 0 saturated carbocycles. The zero-order chi connectivity index (χ0) is 18.4. The number of nitrogens with one attached hydrogen (secondary N) is 2. The van der Waals surface area contributed by atoms with Gasteiger partial charge in [0.05, 0.1) is 5.92 Å². The summed E-state index contributed by atoms with van der Waals surface area (Å²) in [6.07, 6.45) is 2.01. The Morgan fingerprint density at radius 2 is 2.23 bits per heavy atom. The number of aryl methyl sites for hydroxylation is 1. The summed E-state index contributed by atoms with van der Waals surface area (Å²) in [5.41, 5.74) is 1.23. The van der Waals surface area contributed by atoms with Crippen LogP contribution < -0.4 is 5.32 Å². The molecular formula is C18H24ClN5OS. The molecule has 2 heterocycles. The van der Waals surface area contributed by atoms with E-state index in [2.05, 4.69) is 25.4 Å². The van der Waals surface area contributed by atoms with Crippen LogP contribution >= 0.6 is 23.4 Å². The van der Waals surface area contributed by atoms with Crippen molar-refractivity contribution in [3.63, 3.8) is 0 Å². The molecule has 0 aliphatic carbocycles. The number of nitrogens with zero attached hydrogens (tertiary/aromatic N) is 3. The first kappa shape index (κ1) is 19.2. The third kappa shape index (κ3) is 5.72. The van der Waals surface area contributed by atoms with Crippen molar-refractivity contribution in [2.24, 2.45) is 5.92 Å². The fraction of sp³-hybridized carbons (Fsp3) is 0.500. The van der Waals surface area contributed by atoms with E-state index in [1.807, 2.05) is 31.2 Å². The number of H-pyrrole nitrogens is 1. The Morgan fingerprint density at radius 1 is 1.42 bits per heavy atom. The number of aromatic amines is 1. The van der Waals surface area contributed by atoms with Crippen LogP contribution in [0.1, 0.15) is 24.2 Å². The first-order valence-corrected chi connectivity index (χ1v) is 10.2. The van der Waals surface area contributed by atoms with Gasteiger partial charge in [0.25, 0.3) is 0 Å². The zero-order valence-corrected chi connectivity index (χ0v) is 16.4. The quantitative estimate of drug-likeness (QED) is 0.559. The third-order valence-electron chi connectivity index (χ3n) is 4.40. The zero-order valence-electron chi connectivity index (χ0n) is 14.9. The van der Waals surface area contributed by atoms with Gasteiger partial charge in [0.15, 0.2) is 0 Å². The first-order chi connectivity index (χ1) is 12.6. The van der Waals surface area contributed by atoms with Gasteiger partial charge < -0.3 is 5.32 Å². The number of halogens is 1. The fourth-order valence-electron chi connectivity index (χ4n) is 3.11. The van der Waals surface area contributed by atoms with Crippen LogP contribution in [0.4, 0.5) is 0 Å². The van der Waals surface area contributed by atoms with E-state index < -0.39 is 0 Å². The van der Waals surface area contributed by atoms with E-state index in [1.165, 1.54) is 5.56 Å². The van der Waals surface area contributed by atoms with Crippen LogP contribution in [0.25, 0.3) is 0 Å². The summed E-state index contributed by atoms with van der Waals surface area (Å²) in [6, 6.07) is 7.93. The highest BCUT2D eigenvalue weighted by Gasteiger charge is 2.25. The molecule has 2 aromatic rings. The summed E-state index contributed by atoms with van der Waals surface area (Å²) in [5.74, 6) is 1.79. The Labute approximate surface area is 163 Å². The van der Waals surface area contributed by atoms with Crippen molar-refractivity contribution < 1.29 is 4.79 Å². The van der Waals surface area contributed by atoms with Gasteiger partial charge in [-0.05, 0) is 44.0 Å². The maximum Gasteiger partial charge on any atom is 0.224 e. The predicted octanol–water partition coefficient (Wildman–Crippen LogP) is 2.89. The van der Waals surface area contributed by atoms with Crippen LogP contribution in [0.2, 0.25) is 5.02 Å². The molecule has 1 atom stereocenters. The fourth-order valence-corrected chi connectivity index (χ4v) is 3.93. The lowest BCUT2D eigenvalue weighted by Crippen LogP contribution is -2.43. The first-order valence-electron chi connectivity index (χ1n) is 8.86. The predicted molar refractivity (Wildman–Crippen MR) is 104 cm³/mol. The Balaban J connectivity index is 1.40. The van der Waals surface area contributed by atoms with Crippen molar-refractivity contribution in [1.29, 1.82) is 0 Å². The van der Waals surface area contributed by atoms with Crippen LogP contribution in [0.15, 0.2) is 29.4 Å². The molecule has 1 fully saturated rings. The van der Waals surface area contributed by atoms with Gasteiger partial charge in [-0.25, -0.2) is 4.98 Å². The number of carbonyl (C=O) groups excluding carboxylic acids is 1. The highest BCUT2D eigenvalue weighted by Crippen LogP contribution is 2.20. The van der Waals surface area contributed by atoms with E-state index in [1.54, 1.807) is 11.8 Å². The van der Waals surface area contributed by atoms with Crippen molar-refractivity contribution in [2.45, 2.75) is 31.5 Å². The standard InChI is InChI=1S/C18H24ClN5OS/c1-13-21-18(23-22-13)26-10-8-20-17(25)15-3-2-9-24(12-15)11-14-4-6-16(19)7-5-14/h4-7,15H,2-3,8-12H2,1H3,(H,20,25)(H,21,22,23). The summed E-state index contributed by atoms with van der Waals surface area (Å²) in [5, 5.41) is 11.4. The van der Waals surface area contributed by atoms with Crippen LogP contribution in [0, 0.1) is 12.8 Å². The molecule has 140 valence electrons. The van der Waals surface area contributed by atoms with Crippen molar-refractivity contribution in [3.05, 3.63) is 40.7 Å². The van der Waals surface area contributed by atoms with Crippen molar-refractivity contribution in [3.8, 4) is 0 Å². The molecule has 1 amide bonds. The Kier molecular flexibility index (Phi) is 6.93. The van der Waals surface area contributed by atoms with Gasteiger partial charge in [-0.3, -0.25) is 14.8 Å². The van der Waals surface area contributed by atoms with Crippen LogP contribution in [-0.4, -0.2) is 51.4 Å². The topological polar surface area (TPSA) is 73.9 Å². The average Bonchev–Trinajstić information content (AvgIpc) is 3.06. The highest BCUT2D eigenvalue weighted by molar-refractivity contribution is 7.99. The lowest BCUT2D eigenvalue weighted by molar-refractivity contribution is -0.126. The number of carbonyl (C=O) groups is 1. The highest BCUT2D eigenvalue weighted by atomic mass is 35.5. The SMILES string of the molecule is Cc1nc(SCCNC(=O)C2CCCN(Cc3ccc(Cl)cc3)C2)n[nH]1. The lowest BCUT2D eigenvalue weighted by Gasteiger charge is -2.32. The second kappa shape index (κ2) is 9.39. The molecular weight excluding hydrogens is 370 g/mol. The average molecular weight is 394 g/mol. The van der Waals surface area contributed by atoms with Gasteiger partial charge >= 0.3 is 0 Å². The van der Waals surface area contributed by atoms with E-state index >= 15 is 0 Å². The van der Waals surface area contributed by atoms with Crippen LogP contribution in [0.3, 0.4) is 0 Å². The van der Waals surface area contributed by atoms with E-state index in [0.29, 0.717) is 6.54 Å². The Bertz CT molecular complexity index is 721. The van der Waals surface area contributed by atoms with Gasteiger partial charge in [-0.1, -0.05) is 35.5 Å². The number of thioether (sulfide) groups is 1. The van der Waals surface area contributed by atoms with Crippen molar-refractivity contribution >= 4 is 29.3 Å². The molecule has 1 saturated heterocycles. The molecule has 0 radical (unpaired) electrons. The maximum atomic E-state index is 12.5. The summed E-state index contributed by atoms with van der Waals surface area (Å²) < 4.78 is 0. The molecule has 26 heavy (non-hydrogen) atoms. The largest absolute Gasteiger partial charge is 0.355 e. The molecule has 1 aliphatic rings. The summed E-state index contributed by atoms with van der Waals surface area (Å²) in [4.78, 5) is 19.0. The number of piperidine rings is 1. The van der Waals surface area contributed by atoms with Crippen molar-refractivity contribution in [2.75, 3.05) is 25.4 Å². The molecule has 1 aromatic carbocycles.